The standard InChI is InChI=1S/C18H37N5O2S/c1-5-19-17(23-14-15-26(24,25)18(2,3)16-23)20-8-6-7-9-22-12-10-21(4)11-13-22/h5-16H2,1-4H3,(H,19,20). The maximum atomic E-state index is 12.2. The van der Waals surface area contributed by atoms with Crippen LogP contribution in [0.25, 0.3) is 0 Å². The molecule has 0 bridgehead atoms. The van der Waals surface area contributed by atoms with Crippen LogP contribution in [0.2, 0.25) is 0 Å². The minimum atomic E-state index is -3.02. The quantitative estimate of drug-likeness (QED) is 0.406. The number of nitrogens with one attached hydrogen (secondary N) is 1. The summed E-state index contributed by atoms with van der Waals surface area (Å²) < 4.78 is 23.7. The van der Waals surface area contributed by atoms with Crippen LogP contribution < -0.4 is 5.32 Å². The number of rotatable bonds is 6. The molecule has 0 unspecified atom stereocenters. The molecule has 152 valence electrons. The Labute approximate surface area is 159 Å². The Morgan fingerprint density at radius 1 is 1.12 bits per heavy atom. The number of sulfone groups is 1. The fourth-order valence-electron chi connectivity index (χ4n) is 3.45. The summed E-state index contributed by atoms with van der Waals surface area (Å²) in [5, 5.41) is 3.33. The summed E-state index contributed by atoms with van der Waals surface area (Å²) >= 11 is 0. The lowest BCUT2D eigenvalue weighted by Crippen LogP contribution is -2.57. The second kappa shape index (κ2) is 9.37. The average Bonchev–Trinajstić information content (AvgIpc) is 2.58. The molecule has 2 heterocycles. The van der Waals surface area contributed by atoms with Crippen LogP contribution in [-0.2, 0) is 9.84 Å². The topological polar surface area (TPSA) is 68.2 Å². The Morgan fingerprint density at radius 2 is 1.81 bits per heavy atom. The van der Waals surface area contributed by atoms with Gasteiger partial charge in [-0.25, -0.2) is 8.42 Å². The number of hydrogen-bond donors (Lipinski definition) is 1. The summed E-state index contributed by atoms with van der Waals surface area (Å²) in [7, 11) is -0.839. The molecule has 0 radical (unpaired) electrons. The van der Waals surface area contributed by atoms with Gasteiger partial charge in [0.05, 0.1) is 10.5 Å². The smallest absolute Gasteiger partial charge is 0.193 e. The minimum absolute atomic E-state index is 0.202. The highest BCUT2D eigenvalue weighted by Gasteiger charge is 2.40. The Bertz CT molecular complexity index is 568. The molecule has 2 fully saturated rings. The van der Waals surface area contributed by atoms with E-state index in [0.717, 1.165) is 51.5 Å². The SMILES string of the molecule is CCNC(=NCCCCN1CCN(C)CC1)N1CCS(=O)(=O)C(C)(C)C1. The molecule has 0 aromatic heterocycles. The van der Waals surface area contributed by atoms with Crippen molar-refractivity contribution in [2.24, 2.45) is 4.99 Å². The summed E-state index contributed by atoms with van der Waals surface area (Å²) in [5.74, 6) is 1.06. The van der Waals surface area contributed by atoms with Crippen molar-refractivity contribution in [1.29, 1.82) is 0 Å². The van der Waals surface area contributed by atoms with Crippen molar-refractivity contribution in [3.63, 3.8) is 0 Å². The molecule has 2 aliphatic heterocycles. The maximum absolute atomic E-state index is 12.2. The van der Waals surface area contributed by atoms with Gasteiger partial charge >= 0.3 is 0 Å². The molecule has 0 saturated carbocycles. The van der Waals surface area contributed by atoms with Crippen molar-refractivity contribution in [2.75, 3.05) is 71.7 Å². The van der Waals surface area contributed by atoms with Crippen molar-refractivity contribution < 1.29 is 8.42 Å². The van der Waals surface area contributed by atoms with Crippen LogP contribution in [0, 0.1) is 0 Å². The lowest BCUT2D eigenvalue weighted by Gasteiger charge is -2.39. The number of unbranched alkanes of at least 4 members (excludes halogenated alkanes) is 1. The molecule has 7 nitrogen and oxygen atoms in total. The molecule has 1 N–H and O–H groups in total. The van der Waals surface area contributed by atoms with Gasteiger partial charge in [0.15, 0.2) is 15.8 Å². The van der Waals surface area contributed by atoms with E-state index in [2.05, 4.69) is 34.0 Å². The van der Waals surface area contributed by atoms with Gasteiger partial charge in [-0.2, -0.15) is 0 Å². The summed E-state index contributed by atoms with van der Waals surface area (Å²) in [6.07, 6.45) is 2.23. The monoisotopic (exact) mass is 387 g/mol. The van der Waals surface area contributed by atoms with Crippen LogP contribution >= 0.6 is 0 Å². The van der Waals surface area contributed by atoms with Gasteiger partial charge in [-0.05, 0) is 47.2 Å². The zero-order valence-corrected chi connectivity index (χ0v) is 17.8. The van der Waals surface area contributed by atoms with E-state index in [0.29, 0.717) is 13.1 Å². The Morgan fingerprint density at radius 3 is 2.42 bits per heavy atom. The molecule has 2 aliphatic rings. The van der Waals surface area contributed by atoms with E-state index in [9.17, 15) is 8.42 Å². The molecular formula is C18H37N5O2S. The molecule has 0 atom stereocenters. The van der Waals surface area contributed by atoms with E-state index >= 15 is 0 Å². The van der Waals surface area contributed by atoms with Crippen molar-refractivity contribution in [1.82, 2.24) is 20.0 Å². The highest BCUT2D eigenvalue weighted by atomic mass is 32.2. The van der Waals surface area contributed by atoms with Crippen LogP contribution in [0.3, 0.4) is 0 Å². The molecule has 0 aromatic rings. The first-order valence-electron chi connectivity index (χ1n) is 9.91. The van der Waals surface area contributed by atoms with Gasteiger partial charge in [0.1, 0.15) is 0 Å². The number of guanidine groups is 1. The molecular weight excluding hydrogens is 350 g/mol. The van der Waals surface area contributed by atoms with Crippen LogP contribution in [-0.4, -0.2) is 106 Å². The van der Waals surface area contributed by atoms with Crippen molar-refractivity contribution in [3.05, 3.63) is 0 Å². The number of hydrogen-bond acceptors (Lipinski definition) is 5. The normalized spacial score (nSPS) is 24.6. The zero-order valence-electron chi connectivity index (χ0n) is 17.0. The van der Waals surface area contributed by atoms with Crippen molar-refractivity contribution >= 4 is 15.8 Å². The summed E-state index contributed by atoms with van der Waals surface area (Å²) in [6, 6.07) is 0. The lowest BCUT2D eigenvalue weighted by atomic mass is 10.2. The maximum Gasteiger partial charge on any atom is 0.193 e. The Balaban J connectivity index is 1.79. The first-order chi connectivity index (χ1) is 12.2. The number of nitrogens with zero attached hydrogens (tertiary/aromatic N) is 4. The molecule has 0 aromatic carbocycles. The van der Waals surface area contributed by atoms with Crippen LogP contribution in [0.15, 0.2) is 4.99 Å². The third-order valence-corrected chi connectivity index (χ3v) is 7.95. The molecule has 0 amide bonds. The number of piperazine rings is 1. The molecule has 26 heavy (non-hydrogen) atoms. The van der Waals surface area contributed by atoms with E-state index in [1.54, 1.807) is 0 Å². The molecule has 8 heteroatoms. The fourth-order valence-corrected chi connectivity index (χ4v) is 4.82. The van der Waals surface area contributed by atoms with Gasteiger partial charge in [0, 0.05) is 52.4 Å². The average molecular weight is 388 g/mol. The van der Waals surface area contributed by atoms with Crippen molar-refractivity contribution in [2.45, 2.75) is 38.4 Å². The van der Waals surface area contributed by atoms with Gasteiger partial charge < -0.3 is 20.0 Å². The molecule has 0 aliphatic carbocycles. The Kier molecular flexibility index (Phi) is 7.73. The summed E-state index contributed by atoms with van der Waals surface area (Å²) in [4.78, 5) is 11.8. The predicted molar refractivity (Wildman–Crippen MR) is 109 cm³/mol. The number of likely N-dealkylation sites (N-methyl/N-ethyl adjacent to an activating group) is 1. The van der Waals surface area contributed by atoms with E-state index in [1.807, 2.05) is 13.8 Å². The van der Waals surface area contributed by atoms with E-state index in [1.165, 1.54) is 13.1 Å². The third kappa shape index (κ3) is 5.82. The van der Waals surface area contributed by atoms with Gasteiger partial charge in [-0.3, -0.25) is 4.99 Å². The zero-order chi connectivity index (χ0) is 19.2. The van der Waals surface area contributed by atoms with E-state index in [4.69, 9.17) is 4.99 Å². The van der Waals surface area contributed by atoms with Crippen molar-refractivity contribution in [3.8, 4) is 0 Å². The van der Waals surface area contributed by atoms with E-state index < -0.39 is 14.6 Å². The van der Waals surface area contributed by atoms with Gasteiger partial charge in [-0.15, -0.1) is 0 Å². The number of aliphatic imine (C=N–C) groups is 1. The predicted octanol–water partition coefficient (Wildman–Crippen LogP) is 0.489. The van der Waals surface area contributed by atoms with Crippen LogP contribution in [0.1, 0.15) is 33.6 Å². The molecule has 0 spiro atoms. The van der Waals surface area contributed by atoms with Gasteiger partial charge in [-0.1, -0.05) is 0 Å². The largest absolute Gasteiger partial charge is 0.357 e. The summed E-state index contributed by atoms with van der Waals surface area (Å²) in [5.41, 5.74) is 0. The van der Waals surface area contributed by atoms with Gasteiger partial charge in [0.25, 0.3) is 0 Å². The highest BCUT2D eigenvalue weighted by Crippen LogP contribution is 2.23. The van der Waals surface area contributed by atoms with E-state index in [-0.39, 0.29) is 5.75 Å². The fraction of sp³-hybridized carbons (Fsp3) is 0.944. The van der Waals surface area contributed by atoms with Crippen LogP contribution in [0.4, 0.5) is 0 Å². The second-order valence-corrected chi connectivity index (χ2v) is 10.8. The van der Waals surface area contributed by atoms with Gasteiger partial charge in [0.2, 0.25) is 0 Å². The first kappa shape index (κ1) is 21.4. The Hall–Kier alpha value is -0.860. The minimum Gasteiger partial charge on any atom is -0.357 e. The third-order valence-electron chi connectivity index (χ3n) is 5.42. The second-order valence-electron chi connectivity index (χ2n) is 8.09. The summed E-state index contributed by atoms with van der Waals surface area (Å²) in [6.45, 7) is 14.1. The van der Waals surface area contributed by atoms with Crippen LogP contribution in [0.5, 0.6) is 0 Å². The lowest BCUT2D eigenvalue weighted by molar-refractivity contribution is 0.152. The highest BCUT2D eigenvalue weighted by molar-refractivity contribution is 7.92. The molecule has 2 rings (SSSR count). The first-order valence-corrected chi connectivity index (χ1v) is 11.6. The molecule has 2 saturated heterocycles.